The summed E-state index contributed by atoms with van der Waals surface area (Å²) in [5.41, 5.74) is 0.582. The Morgan fingerprint density at radius 1 is 1.08 bits per heavy atom. The van der Waals surface area contributed by atoms with Crippen LogP contribution in [0.1, 0.15) is 59.3 Å². The number of hydrogen-bond donors (Lipinski definition) is 1. The summed E-state index contributed by atoms with van der Waals surface area (Å²) in [5.74, 6) is -0.118. The second-order valence-corrected chi connectivity index (χ2v) is 11.2. The molecular formula is C27H41FN4O4. The second-order valence-electron chi connectivity index (χ2n) is 11.2. The molecule has 4 rings (SSSR count). The van der Waals surface area contributed by atoms with Crippen molar-refractivity contribution in [2.75, 3.05) is 55.7 Å². The predicted octanol–water partition coefficient (Wildman–Crippen LogP) is 4.77. The third-order valence-corrected chi connectivity index (χ3v) is 7.23. The molecule has 3 aliphatic rings. The quantitative estimate of drug-likeness (QED) is 0.625. The van der Waals surface area contributed by atoms with Gasteiger partial charge in [-0.05, 0) is 70.6 Å². The summed E-state index contributed by atoms with van der Waals surface area (Å²) in [5, 5.41) is 3.17. The van der Waals surface area contributed by atoms with Gasteiger partial charge in [-0.25, -0.2) is 14.0 Å². The Kier molecular flexibility index (Phi) is 8.59. The van der Waals surface area contributed by atoms with Crippen LogP contribution in [-0.4, -0.2) is 74.6 Å². The SMILES string of the molecule is CC(C)(C)OC(=O)N1CCC(CN(C(=O)NC2CCCC2)c2ccc(N3CCOCC3)c(F)c2)CC1. The molecule has 36 heavy (non-hydrogen) atoms. The Hall–Kier alpha value is -2.55. The van der Waals surface area contributed by atoms with Crippen molar-refractivity contribution in [3.8, 4) is 0 Å². The molecule has 0 bridgehead atoms. The van der Waals surface area contributed by atoms with E-state index in [2.05, 4.69) is 5.32 Å². The van der Waals surface area contributed by atoms with Crippen molar-refractivity contribution in [1.29, 1.82) is 0 Å². The Morgan fingerprint density at radius 2 is 1.75 bits per heavy atom. The first-order valence-corrected chi connectivity index (χ1v) is 13.4. The molecule has 0 radical (unpaired) electrons. The number of anilines is 2. The molecular weight excluding hydrogens is 463 g/mol. The number of urea groups is 1. The highest BCUT2D eigenvalue weighted by Gasteiger charge is 2.30. The highest BCUT2D eigenvalue weighted by Crippen LogP contribution is 2.29. The zero-order valence-electron chi connectivity index (χ0n) is 21.9. The molecule has 3 amide bonds. The number of rotatable bonds is 5. The van der Waals surface area contributed by atoms with Gasteiger partial charge in [0.15, 0.2) is 0 Å². The van der Waals surface area contributed by atoms with E-state index in [4.69, 9.17) is 9.47 Å². The monoisotopic (exact) mass is 504 g/mol. The first-order chi connectivity index (χ1) is 17.2. The Morgan fingerprint density at radius 3 is 2.36 bits per heavy atom. The van der Waals surface area contributed by atoms with Crippen molar-refractivity contribution in [3.05, 3.63) is 24.0 Å². The summed E-state index contributed by atoms with van der Waals surface area (Å²) in [6.07, 6.45) is 5.45. The molecule has 1 N–H and O–H groups in total. The molecule has 1 aromatic rings. The minimum absolute atomic E-state index is 0.171. The number of halogens is 1. The summed E-state index contributed by atoms with van der Waals surface area (Å²) in [7, 11) is 0. The molecule has 2 heterocycles. The van der Waals surface area contributed by atoms with Gasteiger partial charge in [0.25, 0.3) is 0 Å². The molecule has 9 heteroatoms. The number of morpholine rings is 1. The van der Waals surface area contributed by atoms with Crippen LogP contribution in [0.2, 0.25) is 0 Å². The van der Waals surface area contributed by atoms with Gasteiger partial charge in [0.05, 0.1) is 18.9 Å². The van der Waals surface area contributed by atoms with E-state index in [0.29, 0.717) is 57.3 Å². The van der Waals surface area contributed by atoms with Gasteiger partial charge in [-0.2, -0.15) is 0 Å². The number of hydrogen-bond acceptors (Lipinski definition) is 5. The minimum atomic E-state index is -0.527. The highest BCUT2D eigenvalue weighted by molar-refractivity contribution is 5.92. The van der Waals surface area contributed by atoms with E-state index in [9.17, 15) is 9.59 Å². The molecule has 0 unspecified atom stereocenters. The number of benzene rings is 1. The fourth-order valence-corrected chi connectivity index (χ4v) is 5.24. The van der Waals surface area contributed by atoms with Crippen molar-refractivity contribution in [3.63, 3.8) is 0 Å². The van der Waals surface area contributed by atoms with Gasteiger partial charge >= 0.3 is 12.1 Å². The van der Waals surface area contributed by atoms with E-state index in [1.54, 1.807) is 15.9 Å². The van der Waals surface area contributed by atoms with Gasteiger partial charge in [0.1, 0.15) is 11.4 Å². The minimum Gasteiger partial charge on any atom is -0.444 e. The zero-order chi connectivity index (χ0) is 25.7. The molecule has 1 aromatic carbocycles. The number of amides is 3. The molecule has 3 fully saturated rings. The third-order valence-electron chi connectivity index (χ3n) is 7.23. The molecule has 0 atom stereocenters. The van der Waals surface area contributed by atoms with Crippen molar-refractivity contribution in [1.82, 2.24) is 10.2 Å². The standard InChI is InChI=1S/C27H41FN4O4/c1-27(2,3)36-26(34)31-12-10-20(11-13-31)19-32(25(33)29-21-6-4-5-7-21)22-8-9-24(23(28)18-22)30-14-16-35-17-15-30/h8-9,18,20-21H,4-7,10-17,19H2,1-3H3,(H,29,33). The van der Waals surface area contributed by atoms with Crippen LogP contribution in [0.4, 0.5) is 25.4 Å². The fourth-order valence-electron chi connectivity index (χ4n) is 5.24. The molecule has 2 aliphatic heterocycles. The van der Waals surface area contributed by atoms with E-state index < -0.39 is 5.60 Å². The van der Waals surface area contributed by atoms with E-state index >= 15 is 4.39 Å². The molecule has 200 valence electrons. The topological polar surface area (TPSA) is 74.4 Å². The maximum Gasteiger partial charge on any atom is 0.410 e. The molecule has 2 saturated heterocycles. The van der Waals surface area contributed by atoms with Gasteiger partial charge < -0.3 is 24.6 Å². The van der Waals surface area contributed by atoms with Gasteiger partial charge in [-0.3, -0.25) is 4.90 Å². The van der Waals surface area contributed by atoms with Gasteiger partial charge in [-0.1, -0.05) is 12.8 Å². The summed E-state index contributed by atoms with van der Waals surface area (Å²) in [6.45, 7) is 9.71. The predicted molar refractivity (Wildman–Crippen MR) is 138 cm³/mol. The van der Waals surface area contributed by atoms with Crippen LogP contribution in [0.5, 0.6) is 0 Å². The van der Waals surface area contributed by atoms with E-state index in [1.807, 2.05) is 31.7 Å². The highest BCUT2D eigenvalue weighted by atomic mass is 19.1. The largest absolute Gasteiger partial charge is 0.444 e. The number of nitrogens with one attached hydrogen (secondary N) is 1. The molecule has 1 aliphatic carbocycles. The van der Waals surface area contributed by atoms with Crippen LogP contribution in [-0.2, 0) is 9.47 Å². The first-order valence-electron chi connectivity index (χ1n) is 13.4. The molecule has 8 nitrogen and oxygen atoms in total. The van der Waals surface area contributed by atoms with Crippen molar-refractivity contribution in [2.24, 2.45) is 5.92 Å². The lowest BCUT2D eigenvalue weighted by molar-refractivity contribution is 0.0186. The molecule has 1 saturated carbocycles. The van der Waals surface area contributed by atoms with Crippen molar-refractivity contribution in [2.45, 2.75) is 70.9 Å². The fraction of sp³-hybridized carbons (Fsp3) is 0.704. The average molecular weight is 505 g/mol. The maximum atomic E-state index is 15.2. The first kappa shape index (κ1) is 26.5. The normalized spacial score (nSPS) is 19.9. The van der Waals surface area contributed by atoms with Crippen LogP contribution in [0.15, 0.2) is 18.2 Å². The van der Waals surface area contributed by atoms with E-state index in [-0.39, 0.29) is 29.9 Å². The smallest absolute Gasteiger partial charge is 0.410 e. The summed E-state index contributed by atoms with van der Waals surface area (Å²) in [4.78, 5) is 31.2. The van der Waals surface area contributed by atoms with Crippen molar-refractivity contribution < 1.29 is 23.5 Å². The Balaban J connectivity index is 1.44. The number of nitrogens with zero attached hydrogens (tertiary/aromatic N) is 3. The lowest BCUT2D eigenvalue weighted by Gasteiger charge is -2.36. The Bertz CT molecular complexity index is 902. The number of ether oxygens (including phenoxy) is 2. The van der Waals surface area contributed by atoms with Crippen LogP contribution < -0.4 is 15.1 Å². The Labute approximate surface area is 214 Å². The van der Waals surface area contributed by atoms with Crippen molar-refractivity contribution >= 4 is 23.5 Å². The van der Waals surface area contributed by atoms with Crippen LogP contribution >= 0.6 is 0 Å². The number of piperidine rings is 1. The zero-order valence-corrected chi connectivity index (χ0v) is 21.9. The average Bonchev–Trinajstić information content (AvgIpc) is 3.35. The number of likely N-dealkylation sites (tertiary alicyclic amines) is 1. The van der Waals surface area contributed by atoms with Crippen LogP contribution in [0.3, 0.4) is 0 Å². The summed E-state index contributed by atoms with van der Waals surface area (Å²) >= 11 is 0. The number of carbonyl (C=O) groups is 2. The van der Waals surface area contributed by atoms with Crippen LogP contribution in [0.25, 0.3) is 0 Å². The summed E-state index contributed by atoms with van der Waals surface area (Å²) in [6, 6.07) is 5.10. The van der Waals surface area contributed by atoms with Crippen LogP contribution in [0, 0.1) is 11.7 Å². The third kappa shape index (κ3) is 7.02. The molecule has 0 spiro atoms. The van der Waals surface area contributed by atoms with Gasteiger partial charge in [0.2, 0.25) is 0 Å². The lowest BCUT2D eigenvalue weighted by atomic mass is 9.96. The maximum absolute atomic E-state index is 15.2. The summed E-state index contributed by atoms with van der Waals surface area (Å²) < 4.78 is 26.1. The van der Waals surface area contributed by atoms with Gasteiger partial charge in [-0.15, -0.1) is 0 Å². The second kappa shape index (κ2) is 11.7. The van der Waals surface area contributed by atoms with Gasteiger partial charge in [0, 0.05) is 44.5 Å². The lowest BCUT2D eigenvalue weighted by Crippen LogP contribution is -2.48. The van der Waals surface area contributed by atoms with E-state index in [0.717, 1.165) is 38.5 Å². The molecule has 0 aromatic heterocycles. The van der Waals surface area contributed by atoms with E-state index in [1.165, 1.54) is 6.07 Å². The number of carbonyl (C=O) groups excluding carboxylic acids is 2.